The van der Waals surface area contributed by atoms with Gasteiger partial charge in [-0.05, 0) is 42.2 Å². The number of rotatable bonds is 7. The number of hydrogen-bond donors (Lipinski definition) is 0. The Balaban J connectivity index is 1.68. The topological polar surface area (TPSA) is 77.3 Å². The highest BCUT2D eigenvalue weighted by Crippen LogP contribution is 2.38. The minimum Gasteiger partial charge on any atom is -0.492 e. The van der Waals surface area contributed by atoms with Crippen LogP contribution in [0.15, 0.2) is 84.1 Å². The standard InChI is InChI=1S/C27H27FN4O3S/c1-19(2)18-35-24-11-10-22(28)16-25(24)36(33,34)32-17-21-9-6-12-29-26(21)31-14-13-30-27(31)23(32)15-20-7-4-3-5-8-20/h3-14,16,19,23H,15,17-18H2,1-2H3. The molecule has 1 unspecified atom stereocenters. The number of pyridine rings is 1. The van der Waals surface area contributed by atoms with E-state index in [9.17, 15) is 12.8 Å². The van der Waals surface area contributed by atoms with E-state index in [0.717, 1.165) is 17.2 Å². The smallest absolute Gasteiger partial charge is 0.247 e. The van der Waals surface area contributed by atoms with Crippen LogP contribution in [0.5, 0.6) is 5.75 Å². The second-order valence-corrected chi connectivity index (χ2v) is 11.1. The van der Waals surface area contributed by atoms with E-state index in [4.69, 9.17) is 4.74 Å². The van der Waals surface area contributed by atoms with Gasteiger partial charge in [-0.15, -0.1) is 0 Å². The lowest BCUT2D eigenvalue weighted by atomic mass is 10.1. The van der Waals surface area contributed by atoms with Gasteiger partial charge < -0.3 is 4.74 Å². The Morgan fingerprint density at radius 1 is 1.06 bits per heavy atom. The van der Waals surface area contributed by atoms with Gasteiger partial charge in [0, 0.05) is 30.7 Å². The number of nitrogens with zero attached hydrogens (tertiary/aromatic N) is 4. The summed E-state index contributed by atoms with van der Waals surface area (Å²) in [5, 5.41) is 0. The predicted octanol–water partition coefficient (Wildman–Crippen LogP) is 4.93. The molecule has 3 heterocycles. The minimum atomic E-state index is -4.23. The van der Waals surface area contributed by atoms with E-state index in [2.05, 4.69) is 9.97 Å². The molecule has 4 aromatic rings. The van der Waals surface area contributed by atoms with E-state index >= 15 is 0 Å². The molecule has 2 aromatic heterocycles. The lowest BCUT2D eigenvalue weighted by Gasteiger charge is -2.29. The molecule has 2 aromatic carbocycles. The van der Waals surface area contributed by atoms with Gasteiger partial charge >= 0.3 is 0 Å². The summed E-state index contributed by atoms with van der Waals surface area (Å²) < 4.78 is 52.1. The zero-order valence-corrected chi connectivity index (χ0v) is 20.9. The second kappa shape index (κ2) is 9.83. The normalized spacial score (nSPS) is 15.8. The highest BCUT2D eigenvalue weighted by atomic mass is 32.2. The van der Waals surface area contributed by atoms with E-state index < -0.39 is 21.9 Å². The highest BCUT2D eigenvalue weighted by molar-refractivity contribution is 7.89. The molecule has 186 valence electrons. The summed E-state index contributed by atoms with van der Waals surface area (Å²) in [4.78, 5) is 8.88. The molecule has 0 saturated heterocycles. The van der Waals surface area contributed by atoms with E-state index in [1.807, 2.05) is 54.8 Å². The van der Waals surface area contributed by atoms with Crippen molar-refractivity contribution in [2.75, 3.05) is 6.61 Å². The van der Waals surface area contributed by atoms with Crippen molar-refractivity contribution in [1.82, 2.24) is 18.8 Å². The quantitative estimate of drug-likeness (QED) is 0.355. The van der Waals surface area contributed by atoms with Crippen molar-refractivity contribution < 1.29 is 17.5 Å². The third-order valence-electron chi connectivity index (χ3n) is 6.07. The Morgan fingerprint density at radius 2 is 1.86 bits per heavy atom. The SMILES string of the molecule is CC(C)COc1ccc(F)cc1S(=O)(=O)N1Cc2cccnc2-n2ccnc2C1Cc1ccccc1. The van der Waals surface area contributed by atoms with Crippen LogP contribution in [-0.2, 0) is 23.0 Å². The Hall–Kier alpha value is -3.56. The predicted molar refractivity (Wildman–Crippen MR) is 134 cm³/mol. The van der Waals surface area contributed by atoms with Crippen LogP contribution < -0.4 is 4.74 Å². The number of aromatic nitrogens is 3. The molecule has 0 N–H and O–H groups in total. The third-order valence-corrected chi connectivity index (χ3v) is 7.95. The molecule has 0 radical (unpaired) electrons. The van der Waals surface area contributed by atoms with Gasteiger partial charge in [-0.1, -0.05) is 50.2 Å². The van der Waals surface area contributed by atoms with Crippen molar-refractivity contribution in [3.8, 4) is 11.6 Å². The van der Waals surface area contributed by atoms with Gasteiger partial charge in [0.2, 0.25) is 10.0 Å². The molecule has 9 heteroatoms. The molecule has 7 nitrogen and oxygen atoms in total. The summed E-state index contributed by atoms with van der Waals surface area (Å²) in [6, 6.07) is 16.2. The first kappa shape index (κ1) is 24.1. The van der Waals surface area contributed by atoms with Gasteiger partial charge in [0.15, 0.2) is 0 Å². The summed E-state index contributed by atoms with van der Waals surface area (Å²) >= 11 is 0. The lowest BCUT2D eigenvalue weighted by molar-refractivity contribution is 0.261. The molecular weight excluding hydrogens is 479 g/mol. The maximum atomic E-state index is 14.4. The Morgan fingerprint density at radius 3 is 2.64 bits per heavy atom. The first-order valence-electron chi connectivity index (χ1n) is 11.8. The average Bonchev–Trinajstić information content (AvgIpc) is 3.31. The highest BCUT2D eigenvalue weighted by Gasteiger charge is 2.40. The van der Waals surface area contributed by atoms with Gasteiger partial charge in [0.25, 0.3) is 0 Å². The van der Waals surface area contributed by atoms with E-state index in [1.54, 1.807) is 24.7 Å². The van der Waals surface area contributed by atoms with Crippen LogP contribution in [0.2, 0.25) is 0 Å². The Bertz CT molecular complexity index is 1470. The number of benzene rings is 2. The zero-order chi connectivity index (χ0) is 25.3. The molecule has 1 atom stereocenters. The number of ether oxygens (including phenoxy) is 1. The summed E-state index contributed by atoms with van der Waals surface area (Å²) in [7, 11) is -4.23. The lowest BCUT2D eigenvalue weighted by Crippen LogP contribution is -2.36. The van der Waals surface area contributed by atoms with Crippen molar-refractivity contribution in [3.05, 3.63) is 102 Å². The van der Waals surface area contributed by atoms with E-state index in [0.29, 0.717) is 24.7 Å². The van der Waals surface area contributed by atoms with Crippen molar-refractivity contribution in [1.29, 1.82) is 0 Å². The summed E-state index contributed by atoms with van der Waals surface area (Å²) in [5.41, 5.74) is 1.67. The van der Waals surface area contributed by atoms with Crippen LogP contribution in [0.4, 0.5) is 4.39 Å². The molecule has 0 saturated carbocycles. The molecular formula is C27H27FN4O3S. The number of imidazole rings is 1. The summed E-state index contributed by atoms with van der Waals surface area (Å²) in [6.45, 7) is 4.28. The fourth-order valence-corrected chi connectivity index (χ4v) is 6.09. The van der Waals surface area contributed by atoms with Crippen LogP contribution in [0.1, 0.15) is 36.8 Å². The van der Waals surface area contributed by atoms with Crippen LogP contribution >= 0.6 is 0 Å². The Labute approximate surface area is 210 Å². The van der Waals surface area contributed by atoms with Gasteiger partial charge in [0.05, 0.1) is 12.6 Å². The van der Waals surface area contributed by atoms with Crippen molar-refractivity contribution in [3.63, 3.8) is 0 Å². The van der Waals surface area contributed by atoms with Crippen LogP contribution in [-0.4, -0.2) is 33.9 Å². The average molecular weight is 507 g/mol. The van der Waals surface area contributed by atoms with Gasteiger partial charge in [-0.3, -0.25) is 4.57 Å². The molecule has 0 aliphatic carbocycles. The molecule has 0 fully saturated rings. The van der Waals surface area contributed by atoms with Crippen LogP contribution in [0, 0.1) is 11.7 Å². The molecule has 36 heavy (non-hydrogen) atoms. The first-order valence-corrected chi connectivity index (χ1v) is 13.2. The molecule has 0 spiro atoms. The number of sulfonamides is 1. The van der Waals surface area contributed by atoms with Gasteiger partial charge in [-0.2, -0.15) is 4.31 Å². The third kappa shape index (κ3) is 4.64. The number of fused-ring (bicyclic) bond motifs is 3. The number of hydrogen-bond acceptors (Lipinski definition) is 5. The van der Waals surface area contributed by atoms with Gasteiger partial charge in [0.1, 0.15) is 28.1 Å². The van der Waals surface area contributed by atoms with E-state index in [1.165, 1.54) is 16.4 Å². The zero-order valence-electron chi connectivity index (χ0n) is 20.1. The van der Waals surface area contributed by atoms with Crippen molar-refractivity contribution >= 4 is 10.0 Å². The second-order valence-electron chi connectivity index (χ2n) is 9.19. The molecule has 0 amide bonds. The summed E-state index contributed by atoms with van der Waals surface area (Å²) in [5.74, 6) is 0.809. The van der Waals surface area contributed by atoms with Gasteiger partial charge in [-0.25, -0.2) is 22.8 Å². The largest absolute Gasteiger partial charge is 0.492 e. The maximum Gasteiger partial charge on any atom is 0.247 e. The monoisotopic (exact) mass is 506 g/mol. The molecule has 1 aliphatic heterocycles. The summed E-state index contributed by atoms with van der Waals surface area (Å²) in [6.07, 6.45) is 5.47. The molecule has 5 rings (SSSR count). The fourth-order valence-electron chi connectivity index (χ4n) is 4.39. The molecule has 0 bridgehead atoms. The maximum absolute atomic E-state index is 14.4. The molecule has 1 aliphatic rings. The van der Waals surface area contributed by atoms with Crippen LogP contribution in [0.25, 0.3) is 5.82 Å². The Kier molecular flexibility index (Phi) is 6.59. The van der Waals surface area contributed by atoms with E-state index in [-0.39, 0.29) is 23.1 Å². The van der Waals surface area contributed by atoms with Crippen molar-refractivity contribution in [2.24, 2.45) is 5.92 Å². The number of halogens is 1. The van der Waals surface area contributed by atoms with Crippen LogP contribution in [0.3, 0.4) is 0 Å². The van der Waals surface area contributed by atoms with Crippen molar-refractivity contribution in [2.45, 2.75) is 37.8 Å². The fraction of sp³-hybridized carbons (Fsp3) is 0.259. The minimum absolute atomic E-state index is 0.0481. The first-order chi connectivity index (χ1) is 17.3.